The van der Waals surface area contributed by atoms with Gasteiger partial charge in [-0.25, -0.2) is 0 Å². The van der Waals surface area contributed by atoms with E-state index in [1.807, 2.05) is 6.92 Å². The summed E-state index contributed by atoms with van der Waals surface area (Å²) in [7, 11) is 0. The SMILES string of the molecule is CCC(Br)C(=O)NCCC(=O)N1CCOCC1. The van der Waals surface area contributed by atoms with Crippen LogP contribution >= 0.6 is 15.9 Å². The second-order valence-electron chi connectivity index (χ2n) is 3.91. The number of ether oxygens (including phenoxy) is 1. The van der Waals surface area contributed by atoms with Gasteiger partial charge < -0.3 is 15.0 Å². The normalized spacial score (nSPS) is 17.6. The fourth-order valence-corrected chi connectivity index (χ4v) is 1.72. The van der Waals surface area contributed by atoms with Crippen molar-refractivity contribution in [1.29, 1.82) is 0 Å². The second-order valence-corrected chi connectivity index (χ2v) is 5.02. The Morgan fingerprint density at radius 3 is 2.65 bits per heavy atom. The quantitative estimate of drug-likeness (QED) is 0.754. The van der Waals surface area contributed by atoms with Crippen LogP contribution in [-0.4, -0.2) is 54.4 Å². The maximum Gasteiger partial charge on any atom is 0.233 e. The molecule has 1 heterocycles. The first kappa shape index (κ1) is 14.4. The number of hydrogen-bond acceptors (Lipinski definition) is 3. The molecule has 1 unspecified atom stereocenters. The van der Waals surface area contributed by atoms with E-state index in [-0.39, 0.29) is 16.6 Å². The van der Waals surface area contributed by atoms with Gasteiger partial charge in [0, 0.05) is 26.1 Å². The van der Waals surface area contributed by atoms with Crippen LogP contribution in [0.25, 0.3) is 0 Å². The van der Waals surface area contributed by atoms with Crippen molar-refractivity contribution in [2.45, 2.75) is 24.6 Å². The molecular formula is C11H19BrN2O3. The fourth-order valence-electron chi connectivity index (χ4n) is 1.56. The van der Waals surface area contributed by atoms with E-state index < -0.39 is 0 Å². The highest BCUT2D eigenvalue weighted by Gasteiger charge is 2.17. The van der Waals surface area contributed by atoms with Crippen molar-refractivity contribution in [3.05, 3.63) is 0 Å². The largest absolute Gasteiger partial charge is 0.378 e. The molecule has 1 aliphatic heterocycles. The lowest BCUT2D eigenvalue weighted by Crippen LogP contribution is -2.42. The fraction of sp³-hybridized carbons (Fsp3) is 0.818. The first-order chi connectivity index (χ1) is 8.15. The predicted octanol–water partition coefficient (Wildman–Crippen LogP) is 0.525. The van der Waals surface area contributed by atoms with Crippen molar-refractivity contribution in [3.8, 4) is 0 Å². The first-order valence-corrected chi connectivity index (χ1v) is 6.84. The van der Waals surface area contributed by atoms with Crippen LogP contribution < -0.4 is 5.32 Å². The highest BCUT2D eigenvalue weighted by molar-refractivity contribution is 9.10. The van der Waals surface area contributed by atoms with Crippen LogP contribution in [-0.2, 0) is 14.3 Å². The Morgan fingerprint density at radius 1 is 1.41 bits per heavy atom. The van der Waals surface area contributed by atoms with Gasteiger partial charge >= 0.3 is 0 Å². The first-order valence-electron chi connectivity index (χ1n) is 5.92. The van der Waals surface area contributed by atoms with E-state index in [0.717, 1.165) is 6.42 Å². The van der Waals surface area contributed by atoms with E-state index in [1.165, 1.54) is 0 Å². The maximum absolute atomic E-state index is 11.7. The van der Waals surface area contributed by atoms with Gasteiger partial charge in [-0.15, -0.1) is 0 Å². The summed E-state index contributed by atoms with van der Waals surface area (Å²) >= 11 is 3.26. The molecular weight excluding hydrogens is 288 g/mol. The molecule has 0 bridgehead atoms. The number of alkyl halides is 1. The number of carbonyl (C=O) groups excluding carboxylic acids is 2. The van der Waals surface area contributed by atoms with Gasteiger partial charge in [-0.1, -0.05) is 22.9 Å². The summed E-state index contributed by atoms with van der Waals surface area (Å²) in [6, 6.07) is 0. The maximum atomic E-state index is 11.7. The number of halogens is 1. The zero-order chi connectivity index (χ0) is 12.7. The van der Waals surface area contributed by atoms with Crippen molar-refractivity contribution in [2.75, 3.05) is 32.8 Å². The minimum Gasteiger partial charge on any atom is -0.378 e. The van der Waals surface area contributed by atoms with Crippen molar-refractivity contribution in [2.24, 2.45) is 0 Å². The predicted molar refractivity (Wildman–Crippen MR) is 68.0 cm³/mol. The third kappa shape index (κ3) is 5.04. The third-order valence-electron chi connectivity index (χ3n) is 2.64. The van der Waals surface area contributed by atoms with Gasteiger partial charge in [0.1, 0.15) is 0 Å². The molecule has 0 radical (unpaired) electrons. The summed E-state index contributed by atoms with van der Waals surface area (Å²) in [4.78, 5) is 24.8. The summed E-state index contributed by atoms with van der Waals surface area (Å²) < 4.78 is 5.17. The Hall–Kier alpha value is -0.620. The molecule has 2 amide bonds. The molecule has 1 atom stereocenters. The number of hydrogen-bond donors (Lipinski definition) is 1. The Balaban J connectivity index is 2.17. The Kier molecular flexibility index (Phi) is 6.50. The summed E-state index contributed by atoms with van der Waals surface area (Å²) in [5, 5.41) is 2.74. The molecule has 98 valence electrons. The van der Waals surface area contributed by atoms with E-state index in [2.05, 4.69) is 21.2 Å². The molecule has 1 rings (SSSR count). The van der Waals surface area contributed by atoms with E-state index in [4.69, 9.17) is 4.74 Å². The highest BCUT2D eigenvalue weighted by Crippen LogP contribution is 2.04. The summed E-state index contributed by atoms with van der Waals surface area (Å²) in [6.07, 6.45) is 1.10. The van der Waals surface area contributed by atoms with Crippen LogP contribution in [0.3, 0.4) is 0 Å². The molecule has 5 nitrogen and oxygen atoms in total. The van der Waals surface area contributed by atoms with Crippen molar-refractivity contribution in [1.82, 2.24) is 10.2 Å². The van der Waals surface area contributed by atoms with Gasteiger partial charge in [0.05, 0.1) is 18.0 Å². The van der Waals surface area contributed by atoms with Crippen LogP contribution in [0.1, 0.15) is 19.8 Å². The van der Waals surface area contributed by atoms with Gasteiger partial charge in [-0.05, 0) is 6.42 Å². The summed E-state index contributed by atoms with van der Waals surface area (Å²) in [5.41, 5.74) is 0. The Bertz CT molecular complexity index is 267. The van der Waals surface area contributed by atoms with Crippen LogP contribution in [0.4, 0.5) is 0 Å². The molecule has 1 aliphatic rings. The summed E-state index contributed by atoms with van der Waals surface area (Å²) in [6.45, 7) is 4.86. The molecule has 0 aromatic carbocycles. The zero-order valence-electron chi connectivity index (χ0n) is 10.1. The van der Waals surface area contributed by atoms with Gasteiger partial charge in [0.25, 0.3) is 0 Å². The standard InChI is InChI=1S/C11H19BrN2O3/c1-2-9(12)11(16)13-4-3-10(15)14-5-7-17-8-6-14/h9H,2-8H2,1H3,(H,13,16). The monoisotopic (exact) mass is 306 g/mol. The molecule has 1 fully saturated rings. The van der Waals surface area contributed by atoms with Crippen LogP contribution in [0.5, 0.6) is 0 Å². The average Bonchev–Trinajstić information content (AvgIpc) is 2.38. The van der Waals surface area contributed by atoms with E-state index in [1.54, 1.807) is 4.90 Å². The molecule has 0 aliphatic carbocycles. The molecule has 1 saturated heterocycles. The lowest BCUT2D eigenvalue weighted by Gasteiger charge is -2.26. The van der Waals surface area contributed by atoms with Crippen LogP contribution in [0.15, 0.2) is 0 Å². The van der Waals surface area contributed by atoms with Gasteiger partial charge in [0.15, 0.2) is 0 Å². The van der Waals surface area contributed by atoms with Crippen LogP contribution in [0, 0.1) is 0 Å². The highest BCUT2D eigenvalue weighted by atomic mass is 79.9. The number of nitrogens with zero attached hydrogens (tertiary/aromatic N) is 1. The van der Waals surface area contributed by atoms with Gasteiger partial charge in [-0.2, -0.15) is 0 Å². The van der Waals surface area contributed by atoms with E-state index in [0.29, 0.717) is 39.3 Å². The number of nitrogens with one attached hydrogen (secondary N) is 1. The van der Waals surface area contributed by atoms with Crippen molar-refractivity contribution >= 4 is 27.7 Å². The summed E-state index contributed by atoms with van der Waals surface area (Å²) in [5.74, 6) is 0.0264. The topological polar surface area (TPSA) is 58.6 Å². The van der Waals surface area contributed by atoms with Crippen molar-refractivity contribution < 1.29 is 14.3 Å². The van der Waals surface area contributed by atoms with Crippen LogP contribution in [0.2, 0.25) is 0 Å². The van der Waals surface area contributed by atoms with E-state index in [9.17, 15) is 9.59 Å². The molecule has 0 aromatic rings. The molecule has 0 saturated carbocycles. The molecule has 17 heavy (non-hydrogen) atoms. The smallest absolute Gasteiger partial charge is 0.233 e. The molecule has 6 heteroatoms. The lowest BCUT2D eigenvalue weighted by atomic mass is 10.3. The van der Waals surface area contributed by atoms with Gasteiger partial charge in [-0.3, -0.25) is 9.59 Å². The third-order valence-corrected chi connectivity index (χ3v) is 3.71. The van der Waals surface area contributed by atoms with Gasteiger partial charge in [0.2, 0.25) is 11.8 Å². The average molecular weight is 307 g/mol. The molecule has 1 N–H and O–H groups in total. The minimum atomic E-state index is -0.166. The zero-order valence-corrected chi connectivity index (χ0v) is 11.7. The Labute approximate surface area is 110 Å². The van der Waals surface area contributed by atoms with E-state index >= 15 is 0 Å². The van der Waals surface area contributed by atoms with Crippen molar-refractivity contribution in [3.63, 3.8) is 0 Å². The number of amides is 2. The lowest BCUT2D eigenvalue weighted by molar-refractivity contribution is -0.135. The molecule has 0 aromatic heterocycles. The molecule has 0 spiro atoms. The number of carbonyl (C=O) groups is 2. The Morgan fingerprint density at radius 2 is 2.06 bits per heavy atom. The second kappa shape index (κ2) is 7.66. The number of morpholine rings is 1. The minimum absolute atomic E-state index is 0.0534. The number of rotatable bonds is 5.